The normalized spacial score (nSPS) is 11.6. The van der Waals surface area contributed by atoms with Gasteiger partial charge in [-0.05, 0) is 40.3 Å². The summed E-state index contributed by atoms with van der Waals surface area (Å²) >= 11 is 2.91. The topological polar surface area (TPSA) is 119 Å². The van der Waals surface area contributed by atoms with Crippen LogP contribution in [-0.2, 0) is 12.7 Å². The number of rotatable bonds is 6. The van der Waals surface area contributed by atoms with Crippen LogP contribution in [0.15, 0.2) is 10.5 Å². The van der Waals surface area contributed by atoms with Gasteiger partial charge >= 0.3 is 12.0 Å². The minimum atomic E-state index is -4.51. The highest BCUT2D eigenvalue weighted by atomic mass is 79.9. The van der Waals surface area contributed by atoms with Gasteiger partial charge in [-0.2, -0.15) is 18.3 Å². The van der Waals surface area contributed by atoms with E-state index >= 15 is 0 Å². The van der Waals surface area contributed by atoms with E-state index in [0.29, 0.717) is 12.1 Å². The smallest absolute Gasteiger partial charge is 0.358 e. The number of aromatic nitrogens is 4. The molecule has 0 spiro atoms. The van der Waals surface area contributed by atoms with E-state index in [9.17, 15) is 28.1 Å². The summed E-state index contributed by atoms with van der Waals surface area (Å²) in [6.07, 6.45) is -4.19. The van der Waals surface area contributed by atoms with Crippen LogP contribution >= 0.6 is 15.9 Å². The number of carbonyl (C=O) groups is 1. The van der Waals surface area contributed by atoms with E-state index in [1.165, 1.54) is 11.6 Å². The molecule has 2 aromatic rings. The van der Waals surface area contributed by atoms with Crippen molar-refractivity contribution in [3.63, 3.8) is 0 Å². The maximum atomic E-state index is 12.6. The second-order valence-corrected chi connectivity index (χ2v) is 5.79. The zero-order chi connectivity index (χ0) is 18.8. The summed E-state index contributed by atoms with van der Waals surface area (Å²) in [6, 6.07) is 0.943. The van der Waals surface area contributed by atoms with E-state index in [4.69, 9.17) is 0 Å². The molecule has 0 bridgehead atoms. The molecule has 1 amide bonds. The van der Waals surface area contributed by atoms with Crippen LogP contribution in [0.1, 0.15) is 28.3 Å². The zero-order valence-corrected chi connectivity index (χ0v) is 14.3. The fourth-order valence-electron chi connectivity index (χ4n) is 1.98. The lowest BCUT2D eigenvalue weighted by Crippen LogP contribution is -2.26. The first-order chi connectivity index (χ1) is 11.6. The van der Waals surface area contributed by atoms with Gasteiger partial charge in [0.1, 0.15) is 4.47 Å². The molecule has 0 aromatic carbocycles. The predicted octanol–water partition coefficient (Wildman–Crippen LogP) is 2.42. The molecule has 0 fully saturated rings. The molecule has 136 valence electrons. The van der Waals surface area contributed by atoms with Crippen molar-refractivity contribution in [2.75, 3.05) is 6.54 Å². The second-order valence-electron chi connectivity index (χ2n) is 4.99. The summed E-state index contributed by atoms with van der Waals surface area (Å²) in [5.41, 5.74) is -0.799. The Morgan fingerprint density at radius 1 is 1.52 bits per heavy atom. The Balaban J connectivity index is 1.88. The molecule has 0 saturated carbocycles. The number of aromatic amines is 1. The number of nitrogens with one attached hydrogen (secondary N) is 2. The van der Waals surface area contributed by atoms with Gasteiger partial charge in [0.15, 0.2) is 11.4 Å². The number of halogens is 4. The van der Waals surface area contributed by atoms with Crippen LogP contribution in [-0.4, -0.2) is 37.4 Å². The number of nitro groups is 1. The third-order valence-electron chi connectivity index (χ3n) is 3.19. The number of alkyl halides is 3. The van der Waals surface area contributed by atoms with E-state index in [2.05, 4.69) is 36.5 Å². The van der Waals surface area contributed by atoms with E-state index < -0.39 is 28.5 Å². The number of nitrogens with zero attached hydrogens (tertiary/aromatic N) is 4. The van der Waals surface area contributed by atoms with E-state index in [1.807, 2.05) is 0 Å². The first-order valence-corrected chi connectivity index (χ1v) is 7.68. The average Bonchev–Trinajstić information content (AvgIpc) is 3.06. The summed E-state index contributed by atoms with van der Waals surface area (Å²) in [5, 5.41) is 22.3. The number of hydrogen-bond acceptors (Lipinski definition) is 5. The standard InChI is InChI=1S/C12H12BrF3N6O3/c1-6-5-7(12(14,15)16)20-21(6)4-2-3-17-11(23)9-8(13)10(19-18-9)22(24)25/h5H,2-4H2,1H3,(H,17,23)(H,18,19). The minimum Gasteiger partial charge on any atom is -0.358 e. The molecule has 0 saturated heterocycles. The maximum absolute atomic E-state index is 12.6. The fourth-order valence-corrected chi connectivity index (χ4v) is 2.48. The molecule has 0 aliphatic heterocycles. The Bertz CT molecular complexity index is 801. The van der Waals surface area contributed by atoms with Crippen molar-refractivity contribution in [2.45, 2.75) is 26.1 Å². The van der Waals surface area contributed by atoms with Crippen molar-refractivity contribution >= 4 is 27.7 Å². The monoisotopic (exact) mass is 424 g/mol. The summed E-state index contributed by atoms with van der Waals surface area (Å²) in [6.45, 7) is 1.80. The molecule has 2 N–H and O–H groups in total. The number of H-pyrrole nitrogens is 1. The van der Waals surface area contributed by atoms with E-state index in [-0.39, 0.29) is 23.3 Å². The van der Waals surface area contributed by atoms with E-state index in [0.717, 1.165) is 6.07 Å². The molecular formula is C12H12BrF3N6O3. The first kappa shape index (κ1) is 18.9. The number of hydrogen-bond donors (Lipinski definition) is 2. The van der Waals surface area contributed by atoms with Gasteiger partial charge in [-0.25, -0.2) is 0 Å². The summed E-state index contributed by atoms with van der Waals surface area (Å²) in [4.78, 5) is 21.8. The lowest BCUT2D eigenvalue weighted by Gasteiger charge is -2.06. The molecule has 0 aliphatic rings. The zero-order valence-electron chi connectivity index (χ0n) is 12.7. The quantitative estimate of drug-likeness (QED) is 0.419. The van der Waals surface area contributed by atoms with Crippen LogP contribution in [0.4, 0.5) is 19.0 Å². The summed E-state index contributed by atoms with van der Waals surface area (Å²) in [5.74, 6) is -1.10. The van der Waals surface area contributed by atoms with Gasteiger partial charge in [0.2, 0.25) is 0 Å². The number of carbonyl (C=O) groups excluding carboxylic acids is 1. The van der Waals surface area contributed by atoms with Crippen molar-refractivity contribution in [1.29, 1.82) is 0 Å². The molecule has 0 unspecified atom stereocenters. The van der Waals surface area contributed by atoms with Crippen molar-refractivity contribution in [3.05, 3.63) is 37.7 Å². The van der Waals surface area contributed by atoms with Gasteiger partial charge in [0.25, 0.3) is 5.91 Å². The second kappa shape index (κ2) is 7.21. The molecule has 2 aromatic heterocycles. The Morgan fingerprint density at radius 3 is 2.72 bits per heavy atom. The van der Waals surface area contributed by atoms with Gasteiger partial charge in [-0.3, -0.25) is 9.48 Å². The molecule has 0 aliphatic carbocycles. The number of aryl methyl sites for hydroxylation is 2. The Kier molecular flexibility index (Phi) is 5.45. The van der Waals surface area contributed by atoms with Crippen molar-refractivity contribution in [1.82, 2.24) is 25.3 Å². The summed E-state index contributed by atoms with van der Waals surface area (Å²) < 4.78 is 38.8. The highest BCUT2D eigenvalue weighted by Crippen LogP contribution is 2.28. The van der Waals surface area contributed by atoms with Crippen LogP contribution in [0.25, 0.3) is 0 Å². The van der Waals surface area contributed by atoms with Crippen molar-refractivity contribution in [3.8, 4) is 0 Å². The van der Waals surface area contributed by atoms with Crippen molar-refractivity contribution < 1.29 is 22.9 Å². The predicted molar refractivity (Wildman–Crippen MR) is 81.9 cm³/mol. The highest BCUT2D eigenvalue weighted by molar-refractivity contribution is 9.10. The van der Waals surface area contributed by atoms with E-state index in [1.54, 1.807) is 0 Å². The average molecular weight is 425 g/mol. The third-order valence-corrected chi connectivity index (χ3v) is 3.94. The Labute approximate surface area is 146 Å². The Hall–Kier alpha value is -2.44. The molecule has 0 radical (unpaired) electrons. The minimum absolute atomic E-state index is 0.0762. The van der Waals surface area contributed by atoms with Gasteiger partial charge < -0.3 is 15.4 Å². The lowest BCUT2D eigenvalue weighted by atomic mass is 10.3. The molecule has 2 rings (SSSR count). The lowest BCUT2D eigenvalue weighted by molar-refractivity contribution is -0.390. The molecule has 25 heavy (non-hydrogen) atoms. The van der Waals surface area contributed by atoms with Gasteiger partial charge in [-0.1, -0.05) is 5.10 Å². The molecular weight excluding hydrogens is 413 g/mol. The maximum Gasteiger partial charge on any atom is 0.435 e. The third kappa shape index (κ3) is 4.35. The van der Waals surface area contributed by atoms with Crippen LogP contribution in [0.3, 0.4) is 0 Å². The van der Waals surface area contributed by atoms with Crippen LogP contribution < -0.4 is 5.32 Å². The van der Waals surface area contributed by atoms with Crippen LogP contribution in [0.2, 0.25) is 0 Å². The number of amides is 1. The molecule has 2 heterocycles. The summed E-state index contributed by atoms with van der Waals surface area (Å²) in [7, 11) is 0. The fraction of sp³-hybridized carbons (Fsp3) is 0.417. The molecule has 13 heteroatoms. The highest BCUT2D eigenvalue weighted by Gasteiger charge is 2.34. The molecule has 9 nitrogen and oxygen atoms in total. The largest absolute Gasteiger partial charge is 0.435 e. The van der Waals surface area contributed by atoms with Gasteiger partial charge in [-0.15, -0.1) is 5.10 Å². The Morgan fingerprint density at radius 2 is 2.20 bits per heavy atom. The van der Waals surface area contributed by atoms with Crippen LogP contribution in [0.5, 0.6) is 0 Å². The van der Waals surface area contributed by atoms with Crippen LogP contribution in [0, 0.1) is 17.0 Å². The first-order valence-electron chi connectivity index (χ1n) is 6.89. The van der Waals surface area contributed by atoms with Gasteiger partial charge in [0.05, 0.1) is 0 Å². The van der Waals surface area contributed by atoms with Crippen molar-refractivity contribution in [2.24, 2.45) is 0 Å². The SMILES string of the molecule is Cc1cc(C(F)(F)F)nn1CCCNC(=O)c1n[nH]c([N+](=O)[O-])c1Br. The van der Waals surface area contributed by atoms with Gasteiger partial charge in [0, 0.05) is 18.8 Å². The molecule has 0 atom stereocenters.